The molecule has 3 rings (SSSR count). The molecule has 1 saturated carbocycles. The molecule has 1 aliphatic carbocycles. The van der Waals surface area contributed by atoms with Crippen molar-refractivity contribution >= 4 is 0 Å². The predicted molar refractivity (Wildman–Crippen MR) is 65.3 cm³/mol. The van der Waals surface area contributed by atoms with Crippen molar-refractivity contribution in [1.29, 1.82) is 0 Å². The van der Waals surface area contributed by atoms with Crippen molar-refractivity contribution in [2.45, 2.75) is 38.2 Å². The first-order valence-electron chi connectivity index (χ1n) is 6.41. The minimum atomic E-state index is 0.293. The van der Waals surface area contributed by atoms with Crippen molar-refractivity contribution in [3.05, 3.63) is 17.6 Å². The third kappa shape index (κ3) is 2.57. The average molecular weight is 233 g/mol. The van der Waals surface area contributed by atoms with E-state index in [0.717, 1.165) is 36.9 Å². The molecule has 4 nitrogen and oxygen atoms in total. The summed E-state index contributed by atoms with van der Waals surface area (Å²) in [6.45, 7) is 4.13. The first-order valence-corrected chi connectivity index (χ1v) is 6.41. The van der Waals surface area contributed by atoms with E-state index >= 15 is 0 Å². The first-order chi connectivity index (χ1) is 8.20. The molecule has 0 amide bonds. The molecule has 0 radical (unpaired) electrons. The second-order valence-corrected chi connectivity index (χ2v) is 5.27. The van der Waals surface area contributed by atoms with Crippen LogP contribution in [0.5, 0.6) is 5.88 Å². The molecule has 1 aromatic rings. The van der Waals surface area contributed by atoms with Gasteiger partial charge in [-0.3, -0.25) is 0 Å². The van der Waals surface area contributed by atoms with Gasteiger partial charge in [-0.15, -0.1) is 0 Å². The van der Waals surface area contributed by atoms with E-state index < -0.39 is 0 Å². The van der Waals surface area contributed by atoms with E-state index in [1.165, 1.54) is 12.8 Å². The summed E-state index contributed by atoms with van der Waals surface area (Å²) in [5.74, 6) is 2.33. The van der Waals surface area contributed by atoms with Crippen LogP contribution in [0.1, 0.15) is 36.7 Å². The quantitative estimate of drug-likeness (QED) is 0.797. The highest BCUT2D eigenvalue weighted by atomic mass is 16.5. The minimum Gasteiger partial charge on any atom is -0.473 e. The largest absolute Gasteiger partial charge is 0.473 e. The number of likely N-dealkylation sites (tertiary alicyclic amines) is 1. The summed E-state index contributed by atoms with van der Waals surface area (Å²) < 4.78 is 5.95. The molecule has 0 aromatic carbocycles. The van der Waals surface area contributed by atoms with Gasteiger partial charge in [-0.1, -0.05) is 0 Å². The molecule has 0 bridgehead atoms. The summed E-state index contributed by atoms with van der Waals surface area (Å²) in [7, 11) is 2.13. The molecule has 92 valence electrons. The molecule has 1 atom stereocenters. The number of hydrogen-bond acceptors (Lipinski definition) is 4. The van der Waals surface area contributed by atoms with Crippen LogP contribution in [0.4, 0.5) is 0 Å². The zero-order chi connectivity index (χ0) is 11.8. The smallest absolute Gasteiger partial charge is 0.217 e. The Bertz CT molecular complexity index is 417. The fourth-order valence-electron chi connectivity index (χ4n) is 2.31. The summed E-state index contributed by atoms with van der Waals surface area (Å²) in [4.78, 5) is 11.3. The molecule has 1 unspecified atom stereocenters. The molecule has 2 aliphatic rings. The van der Waals surface area contributed by atoms with Crippen LogP contribution in [-0.2, 0) is 0 Å². The van der Waals surface area contributed by atoms with Gasteiger partial charge in [0.15, 0.2) is 0 Å². The van der Waals surface area contributed by atoms with Crippen molar-refractivity contribution in [2.75, 3.05) is 20.1 Å². The molecule has 1 saturated heterocycles. The Morgan fingerprint density at radius 3 is 2.76 bits per heavy atom. The maximum Gasteiger partial charge on any atom is 0.217 e. The van der Waals surface area contributed by atoms with Crippen molar-refractivity contribution < 1.29 is 4.74 Å². The Hall–Kier alpha value is -1.16. The molecule has 17 heavy (non-hydrogen) atoms. The van der Waals surface area contributed by atoms with E-state index in [1.807, 2.05) is 13.0 Å². The maximum absolute atomic E-state index is 5.95. The van der Waals surface area contributed by atoms with Crippen molar-refractivity contribution in [3.8, 4) is 5.88 Å². The third-order valence-electron chi connectivity index (χ3n) is 3.43. The Morgan fingerprint density at radius 1 is 1.29 bits per heavy atom. The van der Waals surface area contributed by atoms with Crippen LogP contribution in [0.3, 0.4) is 0 Å². The van der Waals surface area contributed by atoms with E-state index in [4.69, 9.17) is 4.74 Å². The lowest BCUT2D eigenvalue weighted by atomic mass is 10.3. The highest BCUT2D eigenvalue weighted by Gasteiger charge is 2.28. The van der Waals surface area contributed by atoms with Crippen LogP contribution in [0.2, 0.25) is 0 Å². The second kappa shape index (κ2) is 4.26. The Kier molecular flexibility index (Phi) is 2.74. The van der Waals surface area contributed by atoms with Gasteiger partial charge in [-0.25, -0.2) is 4.98 Å². The van der Waals surface area contributed by atoms with Crippen LogP contribution < -0.4 is 4.74 Å². The third-order valence-corrected chi connectivity index (χ3v) is 3.43. The Morgan fingerprint density at radius 2 is 2.12 bits per heavy atom. The number of likely N-dealkylation sites (N-methyl/N-ethyl adjacent to an activating group) is 1. The first kappa shape index (κ1) is 11.0. The standard InChI is InChI=1S/C13H19N3O/c1-9-7-12(15-13(14-9)10-3-4-10)17-11-5-6-16(2)8-11/h7,10-11H,3-6,8H2,1-2H3. The topological polar surface area (TPSA) is 38.2 Å². The summed E-state index contributed by atoms with van der Waals surface area (Å²) >= 11 is 0. The van der Waals surface area contributed by atoms with Gasteiger partial charge in [0.1, 0.15) is 11.9 Å². The zero-order valence-electron chi connectivity index (χ0n) is 10.5. The van der Waals surface area contributed by atoms with E-state index in [-0.39, 0.29) is 0 Å². The zero-order valence-corrected chi connectivity index (χ0v) is 10.5. The van der Waals surface area contributed by atoms with Crippen molar-refractivity contribution in [3.63, 3.8) is 0 Å². The summed E-state index contributed by atoms with van der Waals surface area (Å²) in [6.07, 6.45) is 3.85. The van der Waals surface area contributed by atoms with Gasteiger partial charge in [0.25, 0.3) is 0 Å². The SMILES string of the molecule is Cc1cc(OC2CCN(C)C2)nc(C2CC2)n1. The van der Waals surface area contributed by atoms with Crippen LogP contribution in [-0.4, -0.2) is 41.1 Å². The van der Waals surface area contributed by atoms with Gasteiger partial charge in [-0.2, -0.15) is 4.98 Å². The molecular weight excluding hydrogens is 214 g/mol. The van der Waals surface area contributed by atoms with Gasteiger partial charge >= 0.3 is 0 Å². The van der Waals surface area contributed by atoms with Gasteiger partial charge in [0.2, 0.25) is 5.88 Å². The van der Waals surface area contributed by atoms with E-state index in [2.05, 4.69) is 21.9 Å². The lowest BCUT2D eigenvalue weighted by Crippen LogP contribution is -2.22. The van der Waals surface area contributed by atoms with E-state index in [1.54, 1.807) is 0 Å². The van der Waals surface area contributed by atoms with Gasteiger partial charge in [-0.05, 0) is 33.2 Å². The van der Waals surface area contributed by atoms with Crippen LogP contribution >= 0.6 is 0 Å². The Labute approximate surface area is 102 Å². The molecule has 2 fully saturated rings. The lowest BCUT2D eigenvalue weighted by molar-refractivity contribution is 0.199. The van der Waals surface area contributed by atoms with Crippen molar-refractivity contribution in [2.24, 2.45) is 0 Å². The highest BCUT2D eigenvalue weighted by Crippen LogP contribution is 2.38. The van der Waals surface area contributed by atoms with Gasteiger partial charge < -0.3 is 9.64 Å². The number of rotatable bonds is 3. The number of nitrogens with zero attached hydrogens (tertiary/aromatic N) is 3. The van der Waals surface area contributed by atoms with E-state index in [0.29, 0.717) is 12.0 Å². The monoisotopic (exact) mass is 233 g/mol. The van der Waals surface area contributed by atoms with Crippen LogP contribution in [0.25, 0.3) is 0 Å². The fourth-order valence-corrected chi connectivity index (χ4v) is 2.31. The summed E-state index contributed by atoms with van der Waals surface area (Å²) in [5.41, 5.74) is 1.02. The minimum absolute atomic E-state index is 0.293. The van der Waals surface area contributed by atoms with Crippen molar-refractivity contribution in [1.82, 2.24) is 14.9 Å². The molecule has 0 spiro atoms. The molecule has 1 aliphatic heterocycles. The normalized spacial score (nSPS) is 25.2. The average Bonchev–Trinajstić information content (AvgIpc) is 3.03. The van der Waals surface area contributed by atoms with Crippen LogP contribution in [0.15, 0.2) is 6.07 Å². The molecule has 4 heteroatoms. The van der Waals surface area contributed by atoms with Gasteiger partial charge in [0.05, 0.1) is 0 Å². The molecule has 0 N–H and O–H groups in total. The lowest BCUT2D eigenvalue weighted by Gasteiger charge is -2.13. The fraction of sp³-hybridized carbons (Fsp3) is 0.692. The number of ether oxygens (including phenoxy) is 1. The number of hydrogen-bond donors (Lipinski definition) is 0. The number of aryl methyl sites for hydroxylation is 1. The van der Waals surface area contributed by atoms with Crippen LogP contribution in [0, 0.1) is 6.92 Å². The summed E-state index contributed by atoms with van der Waals surface area (Å²) in [6, 6.07) is 1.95. The Balaban J connectivity index is 1.73. The van der Waals surface area contributed by atoms with E-state index in [9.17, 15) is 0 Å². The molecule has 1 aromatic heterocycles. The molecule has 2 heterocycles. The number of aromatic nitrogens is 2. The second-order valence-electron chi connectivity index (χ2n) is 5.27. The molecular formula is C13H19N3O. The predicted octanol–water partition coefficient (Wildman–Crippen LogP) is 1.75. The highest BCUT2D eigenvalue weighted by molar-refractivity contribution is 5.19. The maximum atomic E-state index is 5.95. The summed E-state index contributed by atoms with van der Waals surface area (Å²) in [5, 5.41) is 0. The van der Waals surface area contributed by atoms with Gasteiger partial charge in [0, 0.05) is 30.8 Å².